The van der Waals surface area contributed by atoms with Crippen molar-refractivity contribution in [1.82, 2.24) is 4.31 Å². The van der Waals surface area contributed by atoms with Crippen LogP contribution in [0.4, 0.5) is 0 Å². The Morgan fingerprint density at radius 1 is 1.40 bits per heavy atom. The molecule has 25 heavy (non-hydrogen) atoms. The summed E-state index contributed by atoms with van der Waals surface area (Å²) in [5, 5.41) is 0.0889. The average molecular weight is 390 g/mol. The van der Waals surface area contributed by atoms with Crippen molar-refractivity contribution < 1.29 is 18.5 Å². The molecule has 1 aliphatic heterocycles. The second-order valence-electron chi connectivity index (χ2n) is 7.95. The second kappa shape index (κ2) is 9.55. The van der Waals surface area contributed by atoms with Gasteiger partial charge in [-0.05, 0) is 31.5 Å². The number of carbonyl (C=O) groups excluding carboxylic acids is 1. The lowest BCUT2D eigenvalue weighted by molar-refractivity contribution is -0.139. The molecule has 0 N–H and O–H groups in total. The maximum atomic E-state index is 12.7. The molecule has 0 saturated heterocycles. The highest BCUT2D eigenvalue weighted by molar-refractivity contribution is 7.89. The molecule has 146 valence electrons. The Balaban J connectivity index is 2.89. The smallest absolute Gasteiger partial charge is 0.335 e. The van der Waals surface area contributed by atoms with Gasteiger partial charge < -0.3 is 13.7 Å². The average Bonchev–Trinajstić information content (AvgIpc) is 2.93. The van der Waals surface area contributed by atoms with Crippen LogP contribution in [-0.2, 0) is 25.3 Å². The van der Waals surface area contributed by atoms with Gasteiger partial charge >= 0.3 is 5.97 Å². The first-order chi connectivity index (χ1) is 11.5. The van der Waals surface area contributed by atoms with E-state index >= 15 is 0 Å². The minimum atomic E-state index is -1.95. The van der Waals surface area contributed by atoms with Crippen molar-refractivity contribution >= 4 is 25.6 Å². The van der Waals surface area contributed by atoms with Gasteiger partial charge in [0.1, 0.15) is 11.8 Å². The maximum Gasteiger partial charge on any atom is 0.335 e. The van der Waals surface area contributed by atoms with E-state index in [0.29, 0.717) is 31.1 Å². The van der Waals surface area contributed by atoms with Crippen LogP contribution >= 0.6 is 0 Å². The van der Waals surface area contributed by atoms with E-state index in [1.54, 1.807) is 6.92 Å². The molecule has 0 bridgehead atoms. The Kier molecular flexibility index (Phi) is 8.67. The normalized spacial score (nSPS) is 20.5. The molecular formula is C18H35NO4SSi. The molecule has 0 saturated carbocycles. The van der Waals surface area contributed by atoms with Gasteiger partial charge in [0.15, 0.2) is 8.32 Å². The van der Waals surface area contributed by atoms with Gasteiger partial charge in [-0.1, -0.05) is 40.2 Å². The van der Waals surface area contributed by atoms with E-state index in [1.807, 2.05) is 10.4 Å². The van der Waals surface area contributed by atoms with Crippen molar-refractivity contribution in [3.8, 4) is 0 Å². The Morgan fingerprint density at radius 2 is 2.04 bits per heavy atom. The maximum absolute atomic E-state index is 12.7. The minimum absolute atomic E-state index is 0.0889. The first kappa shape index (κ1) is 22.7. The van der Waals surface area contributed by atoms with Crippen LogP contribution in [0.15, 0.2) is 11.6 Å². The van der Waals surface area contributed by atoms with Crippen molar-refractivity contribution in [3.05, 3.63) is 11.6 Å². The van der Waals surface area contributed by atoms with Gasteiger partial charge in [-0.3, -0.25) is 0 Å². The molecule has 1 aliphatic rings. The minimum Gasteiger partial charge on any atom is -0.598 e. The fourth-order valence-corrected chi connectivity index (χ4v) is 4.80. The molecule has 1 heterocycles. The molecule has 7 heteroatoms. The fraction of sp³-hybridized carbons (Fsp3) is 0.833. The molecule has 2 atom stereocenters. The summed E-state index contributed by atoms with van der Waals surface area (Å²) in [4.78, 5) is 12.3. The number of hydrogen-bond donors (Lipinski definition) is 0. The van der Waals surface area contributed by atoms with E-state index in [0.717, 1.165) is 12.8 Å². The van der Waals surface area contributed by atoms with Gasteiger partial charge in [0.05, 0.1) is 25.3 Å². The van der Waals surface area contributed by atoms with E-state index < -0.39 is 19.7 Å². The number of carbonyl (C=O) groups is 1. The molecule has 0 aromatic carbocycles. The Labute approximate surface area is 157 Å². The van der Waals surface area contributed by atoms with Gasteiger partial charge in [0.25, 0.3) is 0 Å². The molecule has 0 radical (unpaired) electrons. The third-order valence-electron chi connectivity index (χ3n) is 5.05. The summed E-state index contributed by atoms with van der Waals surface area (Å²) in [5.41, 5.74) is 0.588. The number of hydrogen-bond acceptors (Lipinski definition) is 5. The van der Waals surface area contributed by atoms with Gasteiger partial charge in [-0.15, -0.1) is 4.31 Å². The highest BCUT2D eigenvalue weighted by Gasteiger charge is 2.43. The Hall–Kier alpha value is -0.343. The zero-order valence-corrected chi connectivity index (χ0v) is 18.7. The molecule has 0 aliphatic carbocycles. The summed E-state index contributed by atoms with van der Waals surface area (Å²) in [7, 11) is -1.95. The van der Waals surface area contributed by atoms with Crippen LogP contribution in [-0.4, -0.2) is 54.7 Å². The first-order valence-corrected chi connectivity index (χ1v) is 13.4. The van der Waals surface area contributed by atoms with Crippen LogP contribution in [0.1, 0.15) is 47.5 Å². The molecule has 1 rings (SSSR count). The molecule has 0 spiro atoms. The number of ether oxygens (including phenoxy) is 1. The van der Waals surface area contributed by atoms with E-state index in [-0.39, 0.29) is 17.0 Å². The molecule has 5 nitrogen and oxygen atoms in total. The third kappa shape index (κ3) is 6.10. The third-order valence-corrected chi connectivity index (χ3v) is 11.1. The molecule has 0 aromatic rings. The highest BCUT2D eigenvalue weighted by Crippen LogP contribution is 2.37. The number of nitrogens with zero attached hydrogens (tertiary/aromatic N) is 1. The van der Waals surface area contributed by atoms with Crippen LogP contribution in [0.25, 0.3) is 0 Å². The predicted molar refractivity (Wildman–Crippen MR) is 106 cm³/mol. The van der Waals surface area contributed by atoms with Crippen LogP contribution < -0.4 is 0 Å². The van der Waals surface area contributed by atoms with Crippen molar-refractivity contribution in [1.29, 1.82) is 0 Å². The van der Waals surface area contributed by atoms with E-state index in [9.17, 15) is 9.35 Å². The van der Waals surface area contributed by atoms with E-state index in [1.165, 1.54) is 0 Å². The first-order valence-electron chi connectivity index (χ1n) is 9.21. The number of esters is 1. The zero-order valence-electron chi connectivity index (χ0n) is 16.9. The number of unbranched alkanes of at least 4 members (excludes halogenated alkanes) is 1. The van der Waals surface area contributed by atoms with E-state index in [2.05, 4.69) is 40.8 Å². The van der Waals surface area contributed by atoms with Gasteiger partial charge in [0, 0.05) is 11.4 Å². The zero-order chi connectivity index (χ0) is 19.3. The van der Waals surface area contributed by atoms with Crippen molar-refractivity contribution in [3.63, 3.8) is 0 Å². The molecular weight excluding hydrogens is 354 g/mol. The Bertz CT molecular complexity index is 476. The molecule has 0 amide bonds. The summed E-state index contributed by atoms with van der Waals surface area (Å²) >= 11 is -1.11. The van der Waals surface area contributed by atoms with Crippen LogP contribution in [0.2, 0.25) is 18.1 Å². The van der Waals surface area contributed by atoms with E-state index in [4.69, 9.17) is 9.16 Å². The van der Waals surface area contributed by atoms with Crippen LogP contribution in [0.3, 0.4) is 0 Å². The summed E-state index contributed by atoms with van der Waals surface area (Å²) in [6.07, 6.45) is 3.76. The van der Waals surface area contributed by atoms with Crippen molar-refractivity contribution in [2.75, 3.05) is 25.5 Å². The standard InChI is InChI=1S/C18H35NO4SSi/c1-8-10-13-24(21)19-12-11-15(17(20)22-9-2)16(19)14-23-25(6,7)18(3,4)5/h11,16H,8-10,12-14H2,1-7H3/t16-,24?/m0/s1. The summed E-state index contributed by atoms with van der Waals surface area (Å²) in [6.45, 7) is 16.1. The van der Waals surface area contributed by atoms with Gasteiger partial charge in [-0.2, -0.15) is 0 Å². The number of rotatable bonds is 9. The topological polar surface area (TPSA) is 61.8 Å². The van der Waals surface area contributed by atoms with Crippen LogP contribution in [0, 0.1) is 0 Å². The van der Waals surface area contributed by atoms with Gasteiger partial charge in [0.2, 0.25) is 0 Å². The van der Waals surface area contributed by atoms with Crippen molar-refractivity contribution in [2.45, 2.75) is 71.6 Å². The molecule has 0 fully saturated rings. The van der Waals surface area contributed by atoms with Gasteiger partial charge in [-0.25, -0.2) is 4.79 Å². The fourth-order valence-electron chi connectivity index (χ4n) is 2.33. The summed E-state index contributed by atoms with van der Waals surface area (Å²) in [6, 6.07) is -0.286. The lowest BCUT2D eigenvalue weighted by Gasteiger charge is -2.38. The van der Waals surface area contributed by atoms with Crippen LogP contribution in [0.5, 0.6) is 0 Å². The lowest BCUT2D eigenvalue weighted by Crippen LogP contribution is -2.48. The largest absolute Gasteiger partial charge is 0.598 e. The Morgan fingerprint density at radius 3 is 2.56 bits per heavy atom. The summed E-state index contributed by atoms with van der Waals surface area (Å²) in [5.74, 6) is 0.304. The monoisotopic (exact) mass is 389 g/mol. The van der Waals surface area contributed by atoms with Crippen molar-refractivity contribution in [2.24, 2.45) is 0 Å². The lowest BCUT2D eigenvalue weighted by atomic mass is 10.1. The second-order valence-corrected chi connectivity index (χ2v) is 14.3. The predicted octanol–water partition coefficient (Wildman–Crippen LogP) is 3.65. The SMILES string of the molecule is CCCC[S+]([O-])N1CC=C(C(=O)OCC)[C@@H]1CO[Si](C)(C)C(C)(C)C. The molecule has 0 aromatic heterocycles. The molecule has 1 unspecified atom stereocenters. The highest BCUT2D eigenvalue weighted by atomic mass is 32.2. The summed E-state index contributed by atoms with van der Waals surface area (Å²) < 4.78 is 26.1. The quantitative estimate of drug-likeness (QED) is 0.342.